The van der Waals surface area contributed by atoms with Gasteiger partial charge in [-0.25, -0.2) is 13.6 Å². The maximum absolute atomic E-state index is 15.1. The second-order valence-corrected chi connectivity index (χ2v) is 7.77. The van der Waals surface area contributed by atoms with Crippen molar-refractivity contribution in [1.82, 2.24) is 28.9 Å². The SMILES string of the molecule is COc1cc2ncc3c(c2cc1-c1cnn(C)c1)n(-c1c(F)cncc1OC(C)F)c(=O)n3C. The Balaban J connectivity index is 1.93. The van der Waals surface area contributed by atoms with E-state index in [2.05, 4.69) is 15.1 Å². The van der Waals surface area contributed by atoms with Crippen molar-refractivity contribution in [1.29, 1.82) is 0 Å². The second-order valence-electron chi connectivity index (χ2n) is 7.77. The van der Waals surface area contributed by atoms with Crippen LogP contribution in [0.3, 0.4) is 0 Å². The Morgan fingerprint density at radius 1 is 1.09 bits per heavy atom. The van der Waals surface area contributed by atoms with Crippen LogP contribution in [0.5, 0.6) is 11.5 Å². The molecule has 9 nitrogen and oxygen atoms in total. The molecule has 4 heterocycles. The van der Waals surface area contributed by atoms with E-state index in [0.29, 0.717) is 33.2 Å². The summed E-state index contributed by atoms with van der Waals surface area (Å²) in [6, 6.07) is 3.55. The summed E-state index contributed by atoms with van der Waals surface area (Å²) in [4.78, 5) is 21.6. The van der Waals surface area contributed by atoms with E-state index < -0.39 is 17.9 Å². The molecular weight excluding hydrogens is 446 g/mol. The van der Waals surface area contributed by atoms with Gasteiger partial charge >= 0.3 is 5.69 Å². The number of methoxy groups -OCH3 is 1. The van der Waals surface area contributed by atoms with Gasteiger partial charge in [-0.3, -0.25) is 23.8 Å². The van der Waals surface area contributed by atoms with Crippen molar-refractivity contribution in [2.45, 2.75) is 13.3 Å². The molecule has 34 heavy (non-hydrogen) atoms. The molecule has 0 amide bonds. The van der Waals surface area contributed by atoms with Crippen molar-refractivity contribution in [3.63, 3.8) is 0 Å². The Morgan fingerprint density at radius 3 is 2.56 bits per heavy atom. The first-order chi connectivity index (χ1) is 16.3. The van der Waals surface area contributed by atoms with Crippen molar-refractivity contribution in [3.05, 3.63) is 59.4 Å². The molecule has 0 aliphatic heterocycles. The van der Waals surface area contributed by atoms with Crippen molar-refractivity contribution in [2.75, 3.05) is 7.11 Å². The van der Waals surface area contributed by atoms with Crippen LogP contribution in [0.4, 0.5) is 8.78 Å². The van der Waals surface area contributed by atoms with Gasteiger partial charge in [0.15, 0.2) is 11.6 Å². The van der Waals surface area contributed by atoms with Crippen LogP contribution in [0, 0.1) is 5.82 Å². The molecule has 0 saturated carbocycles. The Morgan fingerprint density at radius 2 is 1.88 bits per heavy atom. The van der Waals surface area contributed by atoms with Crippen LogP contribution < -0.4 is 15.2 Å². The zero-order chi connectivity index (χ0) is 24.1. The molecule has 11 heteroatoms. The standard InChI is InChI=1S/C23H20F2N6O3/c1-12(24)34-20-10-26-8-16(25)22(20)31-21-15-5-14(13-7-28-29(2)11-13)19(33-4)6-17(15)27-9-18(21)30(3)23(31)32/h5-12H,1-4H3. The summed E-state index contributed by atoms with van der Waals surface area (Å²) in [5.74, 6) is -0.475. The number of imidazole rings is 1. The quantitative estimate of drug-likeness (QED) is 0.394. The number of nitrogens with zero attached hydrogens (tertiary/aromatic N) is 6. The predicted molar refractivity (Wildman–Crippen MR) is 122 cm³/mol. The van der Waals surface area contributed by atoms with E-state index in [0.717, 1.165) is 23.3 Å². The zero-order valence-electron chi connectivity index (χ0n) is 18.8. The number of hydrogen-bond acceptors (Lipinski definition) is 6. The fourth-order valence-corrected chi connectivity index (χ4v) is 4.08. The molecule has 0 aliphatic carbocycles. The van der Waals surface area contributed by atoms with Crippen LogP contribution in [0.15, 0.2) is 47.9 Å². The van der Waals surface area contributed by atoms with Crippen LogP contribution in [0.1, 0.15) is 6.92 Å². The summed E-state index contributed by atoms with van der Waals surface area (Å²) < 4.78 is 43.7. The molecule has 0 aliphatic rings. The van der Waals surface area contributed by atoms with Crippen LogP contribution >= 0.6 is 0 Å². The minimum atomic E-state index is -1.74. The molecule has 174 valence electrons. The monoisotopic (exact) mass is 466 g/mol. The van der Waals surface area contributed by atoms with E-state index in [1.807, 2.05) is 12.3 Å². The summed E-state index contributed by atoms with van der Waals surface area (Å²) in [7, 11) is 4.90. The third-order valence-corrected chi connectivity index (χ3v) is 5.57. The van der Waals surface area contributed by atoms with Gasteiger partial charge in [0, 0.05) is 49.8 Å². The number of fused-ring (bicyclic) bond motifs is 3. The van der Waals surface area contributed by atoms with Crippen LogP contribution in [-0.4, -0.2) is 42.4 Å². The molecule has 0 fully saturated rings. The number of benzene rings is 1. The molecule has 1 unspecified atom stereocenters. The van der Waals surface area contributed by atoms with Crippen LogP contribution in [-0.2, 0) is 14.1 Å². The van der Waals surface area contributed by atoms with Gasteiger partial charge in [0.2, 0.25) is 6.36 Å². The normalized spacial score (nSPS) is 12.4. The van der Waals surface area contributed by atoms with E-state index >= 15 is 4.39 Å². The van der Waals surface area contributed by atoms with Crippen molar-refractivity contribution < 1.29 is 18.3 Å². The van der Waals surface area contributed by atoms with Gasteiger partial charge in [0.05, 0.1) is 48.4 Å². The molecule has 1 aromatic carbocycles. The second kappa shape index (κ2) is 7.94. The zero-order valence-corrected chi connectivity index (χ0v) is 18.8. The molecule has 0 saturated heterocycles. The highest BCUT2D eigenvalue weighted by molar-refractivity contribution is 6.05. The van der Waals surface area contributed by atoms with E-state index in [1.165, 1.54) is 17.0 Å². The van der Waals surface area contributed by atoms with Crippen LogP contribution in [0.25, 0.3) is 38.8 Å². The summed E-state index contributed by atoms with van der Waals surface area (Å²) >= 11 is 0. The molecular formula is C23H20F2N6O3. The predicted octanol–water partition coefficient (Wildman–Crippen LogP) is 3.51. The number of pyridine rings is 2. The van der Waals surface area contributed by atoms with Crippen molar-refractivity contribution >= 4 is 21.9 Å². The molecule has 1 atom stereocenters. The minimum absolute atomic E-state index is 0.199. The van der Waals surface area contributed by atoms with Gasteiger partial charge in [0.1, 0.15) is 11.4 Å². The van der Waals surface area contributed by atoms with Gasteiger partial charge in [-0.05, 0) is 6.07 Å². The molecule has 0 bridgehead atoms. The highest BCUT2D eigenvalue weighted by Crippen LogP contribution is 2.37. The number of aryl methyl sites for hydroxylation is 2. The first-order valence-electron chi connectivity index (χ1n) is 10.3. The molecule has 0 radical (unpaired) electrons. The van der Waals surface area contributed by atoms with Gasteiger partial charge in [-0.1, -0.05) is 0 Å². The molecule has 4 aromatic heterocycles. The fourth-order valence-electron chi connectivity index (χ4n) is 4.08. The summed E-state index contributed by atoms with van der Waals surface area (Å²) in [5.41, 5.74) is 2.07. The van der Waals surface area contributed by atoms with E-state index in [-0.39, 0.29) is 11.4 Å². The minimum Gasteiger partial charge on any atom is -0.496 e. The summed E-state index contributed by atoms with van der Waals surface area (Å²) in [6.07, 6.45) is 5.42. The summed E-state index contributed by atoms with van der Waals surface area (Å²) in [6.45, 7) is 1.16. The lowest BCUT2D eigenvalue weighted by molar-refractivity contribution is 0.0851. The first kappa shape index (κ1) is 21.6. The molecule has 5 rings (SSSR count). The smallest absolute Gasteiger partial charge is 0.333 e. The molecule has 0 spiro atoms. The van der Waals surface area contributed by atoms with E-state index in [4.69, 9.17) is 9.47 Å². The van der Waals surface area contributed by atoms with Crippen molar-refractivity contribution in [2.24, 2.45) is 14.1 Å². The van der Waals surface area contributed by atoms with Gasteiger partial charge < -0.3 is 9.47 Å². The number of rotatable bonds is 5. The highest BCUT2D eigenvalue weighted by Gasteiger charge is 2.24. The molecule has 5 aromatic rings. The number of alkyl halides is 1. The highest BCUT2D eigenvalue weighted by atomic mass is 19.1. The van der Waals surface area contributed by atoms with E-state index in [9.17, 15) is 9.18 Å². The van der Waals surface area contributed by atoms with Gasteiger partial charge in [-0.2, -0.15) is 5.10 Å². The average molecular weight is 466 g/mol. The summed E-state index contributed by atoms with van der Waals surface area (Å²) in [5, 5.41) is 4.78. The molecule has 0 N–H and O–H groups in total. The Bertz CT molecular complexity index is 1620. The fraction of sp³-hybridized carbons (Fsp3) is 0.217. The lowest BCUT2D eigenvalue weighted by Crippen LogP contribution is -2.23. The Kier molecular flexibility index (Phi) is 5.03. The van der Waals surface area contributed by atoms with Gasteiger partial charge in [0.25, 0.3) is 0 Å². The first-order valence-corrected chi connectivity index (χ1v) is 10.3. The van der Waals surface area contributed by atoms with Gasteiger partial charge in [-0.15, -0.1) is 0 Å². The topological polar surface area (TPSA) is 89.0 Å². The van der Waals surface area contributed by atoms with Crippen molar-refractivity contribution in [3.8, 4) is 28.3 Å². The average Bonchev–Trinajstić information content (AvgIpc) is 3.34. The largest absolute Gasteiger partial charge is 0.496 e. The Hall–Kier alpha value is -4.28. The lowest BCUT2D eigenvalue weighted by atomic mass is 10.0. The third kappa shape index (κ3) is 3.28. The van der Waals surface area contributed by atoms with E-state index in [1.54, 1.807) is 38.2 Å². The lowest BCUT2D eigenvalue weighted by Gasteiger charge is -2.14. The maximum atomic E-state index is 15.1. The number of halogens is 2. The number of ether oxygens (including phenoxy) is 2. The maximum Gasteiger partial charge on any atom is 0.333 e. The number of aromatic nitrogens is 6. The third-order valence-electron chi connectivity index (χ3n) is 5.57. The van der Waals surface area contributed by atoms with Crippen LogP contribution in [0.2, 0.25) is 0 Å². The number of hydrogen-bond donors (Lipinski definition) is 0. The Labute approximate surface area is 191 Å².